The summed E-state index contributed by atoms with van der Waals surface area (Å²) in [7, 11) is 2.01. The molecule has 1 heterocycles. The van der Waals surface area contributed by atoms with E-state index in [0.29, 0.717) is 0 Å². The van der Waals surface area contributed by atoms with Gasteiger partial charge in [0.15, 0.2) is 0 Å². The van der Waals surface area contributed by atoms with Crippen LogP contribution in [0.4, 0.5) is 0 Å². The van der Waals surface area contributed by atoms with Gasteiger partial charge in [0.2, 0.25) is 0 Å². The predicted molar refractivity (Wildman–Crippen MR) is 76.3 cm³/mol. The summed E-state index contributed by atoms with van der Waals surface area (Å²) in [5, 5.41) is 4.41. The molecular formula is C14H28N4. The molecule has 1 aromatic heterocycles. The summed E-state index contributed by atoms with van der Waals surface area (Å²) in [4.78, 5) is 2.48. The van der Waals surface area contributed by atoms with Crippen molar-refractivity contribution in [1.29, 1.82) is 0 Å². The normalized spacial score (nSPS) is 12.4. The maximum absolute atomic E-state index is 5.83. The highest BCUT2D eigenvalue weighted by Gasteiger charge is 2.20. The fourth-order valence-corrected chi connectivity index (χ4v) is 2.24. The van der Waals surface area contributed by atoms with Crippen molar-refractivity contribution in [1.82, 2.24) is 14.7 Å². The first-order valence-corrected chi connectivity index (χ1v) is 6.80. The number of nitrogens with zero attached hydrogens (tertiary/aromatic N) is 3. The Kier molecular flexibility index (Phi) is 5.35. The highest BCUT2D eigenvalue weighted by molar-refractivity contribution is 5.08. The second kappa shape index (κ2) is 6.34. The van der Waals surface area contributed by atoms with E-state index in [4.69, 9.17) is 5.73 Å². The van der Waals surface area contributed by atoms with E-state index in [1.54, 1.807) is 0 Å². The van der Waals surface area contributed by atoms with Crippen LogP contribution in [0.15, 0.2) is 6.07 Å². The van der Waals surface area contributed by atoms with E-state index in [2.05, 4.69) is 36.8 Å². The molecule has 0 atom stereocenters. The minimum Gasteiger partial charge on any atom is -0.330 e. The Morgan fingerprint density at radius 2 is 2.11 bits per heavy atom. The van der Waals surface area contributed by atoms with E-state index < -0.39 is 0 Å². The van der Waals surface area contributed by atoms with Crippen molar-refractivity contribution in [3.8, 4) is 0 Å². The monoisotopic (exact) mass is 252 g/mol. The third-order valence-corrected chi connectivity index (χ3v) is 3.23. The molecule has 0 amide bonds. The number of hydrogen-bond acceptors (Lipinski definition) is 3. The van der Waals surface area contributed by atoms with Crippen molar-refractivity contribution in [2.75, 3.05) is 19.6 Å². The summed E-state index contributed by atoms with van der Waals surface area (Å²) in [5.41, 5.74) is 8.36. The van der Waals surface area contributed by atoms with Gasteiger partial charge in [0.05, 0.1) is 11.4 Å². The zero-order chi connectivity index (χ0) is 13.8. The fourth-order valence-electron chi connectivity index (χ4n) is 2.24. The fraction of sp³-hybridized carbons (Fsp3) is 0.786. The molecule has 4 heteroatoms. The van der Waals surface area contributed by atoms with Crippen LogP contribution in [0.1, 0.15) is 38.6 Å². The summed E-state index contributed by atoms with van der Waals surface area (Å²) in [6, 6.07) is 2.16. The Labute approximate surface area is 111 Å². The molecule has 0 saturated carbocycles. The minimum atomic E-state index is 0.169. The Bertz CT molecular complexity index is 368. The van der Waals surface area contributed by atoms with Gasteiger partial charge in [-0.15, -0.1) is 0 Å². The largest absolute Gasteiger partial charge is 0.330 e. The average molecular weight is 252 g/mol. The topological polar surface area (TPSA) is 47.1 Å². The number of rotatable bonds is 7. The third-order valence-electron chi connectivity index (χ3n) is 3.23. The van der Waals surface area contributed by atoms with Gasteiger partial charge in [-0.05, 0) is 37.9 Å². The molecule has 4 nitrogen and oxygen atoms in total. The van der Waals surface area contributed by atoms with Crippen LogP contribution < -0.4 is 5.73 Å². The highest BCUT2D eigenvalue weighted by atomic mass is 15.3. The standard InChI is InChI=1S/C14H28N4/c1-6-7-18(11-14(3,4)10-15)9-13-8-12(2)16-17(13)5/h8H,6-7,9-11,15H2,1-5H3. The van der Waals surface area contributed by atoms with Crippen LogP contribution in [-0.2, 0) is 13.6 Å². The van der Waals surface area contributed by atoms with Gasteiger partial charge < -0.3 is 5.73 Å². The lowest BCUT2D eigenvalue weighted by atomic mass is 9.93. The SMILES string of the molecule is CCCN(Cc1cc(C)nn1C)CC(C)(C)CN. The van der Waals surface area contributed by atoms with Crippen molar-refractivity contribution in [3.05, 3.63) is 17.5 Å². The molecule has 0 saturated heterocycles. The lowest BCUT2D eigenvalue weighted by Gasteiger charge is -2.31. The van der Waals surface area contributed by atoms with E-state index in [9.17, 15) is 0 Å². The highest BCUT2D eigenvalue weighted by Crippen LogP contribution is 2.17. The quantitative estimate of drug-likeness (QED) is 0.806. The van der Waals surface area contributed by atoms with Crippen LogP contribution in [0, 0.1) is 12.3 Å². The second-order valence-corrected chi connectivity index (χ2v) is 5.98. The molecular weight excluding hydrogens is 224 g/mol. The summed E-state index contributed by atoms with van der Waals surface area (Å²) in [6.45, 7) is 12.5. The van der Waals surface area contributed by atoms with Crippen LogP contribution in [0.5, 0.6) is 0 Å². The molecule has 2 N–H and O–H groups in total. The third kappa shape index (κ3) is 4.42. The number of hydrogen-bond donors (Lipinski definition) is 1. The predicted octanol–water partition coefficient (Wildman–Crippen LogP) is 1.93. The lowest BCUT2D eigenvalue weighted by molar-refractivity contribution is 0.172. The van der Waals surface area contributed by atoms with Crippen molar-refractivity contribution >= 4 is 0 Å². The van der Waals surface area contributed by atoms with Crippen LogP contribution in [0.3, 0.4) is 0 Å². The molecule has 18 heavy (non-hydrogen) atoms. The van der Waals surface area contributed by atoms with E-state index in [1.165, 1.54) is 5.69 Å². The molecule has 0 aliphatic rings. The average Bonchev–Trinajstić information content (AvgIpc) is 2.57. The molecule has 0 aliphatic heterocycles. The Hall–Kier alpha value is -0.870. The van der Waals surface area contributed by atoms with E-state index in [0.717, 1.165) is 38.3 Å². The van der Waals surface area contributed by atoms with Crippen LogP contribution in [0.2, 0.25) is 0 Å². The van der Waals surface area contributed by atoms with Gasteiger partial charge >= 0.3 is 0 Å². The Balaban J connectivity index is 2.71. The molecule has 1 aromatic rings. The van der Waals surface area contributed by atoms with Crippen LogP contribution in [0.25, 0.3) is 0 Å². The molecule has 1 rings (SSSR count). The number of nitrogens with two attached hydrogens (primary N) is 1. The molecule has 0 aliphatic carbocycles. The van der Waals surface area contributed by atoms with Gasteiger partial charge in [0.1, 0.15) is 0 Å². The first-order valence-electron chi connectivity index (χ1n) is 6.80. The maximum Gasteiger partial charge on any atom is 0.0597 e. The molecule has 0 unspecified atom stereocenters. The zero-order valence-electron chi connectivity index (χ0n) is 12.5. The summed E-state index contributed by atoms with van der Waals surface area (Å²) in [5.74, 6) is 0. The summed E-state index contributed by atoms with van der Waals surface area (Å²) >= 11 is 0. The zero-order valence-corrected chi connectivity index (χ0v) is 12.5. The van der Waals surface area contributed by atoms with E-state index in [1.807, 2.05) is 18.7 Å². The van der Waals surface area contributed by atoms with Crippen LogP contribution >= 0.6 is 0 Å². The molecule has 0 radical (unpaired) electrons. The lowest BCUT2D eigenvalue weighted by Crippen LogP contribution is -2.39. The molecule has 0 bridgehead atoms. The van der Waals surface area contributed by atoms with Crippen molar-refractivity contribution in [3.63, 3.8) is 0 Å². The molecule has 0 fully saturated rings. The molecule has 0 spiro atoms. The van der Waals surface area contributed by atoms with E-state index in [-0.39, 0.29) is 5.41 Å². The van der Waals surface area contributed by atoms with Gasteiger partial charge in [-0.25, -0.2) is 0 Å². The van der Waals surface area contributed by atoms with Gasteiger partial charge in [-0.3, -0.25) is 9.58 Å². The van der Waals surface area contributed by atoms with E-state index >= 15 is 0 Å². The smallest absolute Gasteiger partial charge is 0.0597 e. The summed E-state index contributed by atoms with van der Waals surface area (Å²) < 4.78 is 1.98. The van der Waals surface area contributed by atoms with Gasteiger partial charge in [-0.1, -0.05) is 20.8 Å². The summed E-state index contributed by atoms with van der Waals surface area (Å²) in [6.07, 6.45) is 1.16. The second-order valence-electron chi connectivity index (χ2n) is 5.98. The minimum absolute atomic E-state index is 0.169. The van der Waals surface area contributed by atoms with Crippen LogP contribution in [-0.4, -0.2) is 34.3 Å². The first-order chi connectivity index (χ1) is 8.38. The van der Waals surface area contributed by atoms with Gasteiger partial charge in [0.25, 0.3) is 0 Å². The van der Waals surface area contributed by atoms with Gasteiger partial charge in [0, 0.05) is 20.1 Å². The Morgan fingerprint density at radius 3 is 2.56 bits per heavy atom. The molecule has 0 aromatic carbocycles. The number of aryl methyl sites for hydroxylation is 2. The first kappa shape index (κ1) is 15.2. The van der Waals surface area contributed by atoms with Gasteiger partial charge in [-0.2, -0.15) is 5.10 Å². The Morgan fingerprint density at radius 1 is 1.44 bits per heavy atom. The maximum atomic E-state index is 5.83. The van der Waals surface area contributed by atoms with Crippen molar-refractivity contribution in [2.24, 2.45) is 18.2 Å². The molecule has 104 valence electrons. The number of aromatic nitrogens is 2. The van der Waals surface area contributed by atoms with Crippen molar-refractivity contribution < 1.29 is 0 Å². The van der Waals surface area contributed by atoms with Crippen molar-refractivity contribution in [2.45, 2.75) is 40.7 Å².